The topological polar surface area (TPSA) is 74.6 Å². The highest BCUT2D eigenvalue weighted by molar-refractivity contribution is 8.02. The van der Waals surface area contributed by atoms with Gasteiger partial charge in [-0.05, 0) is 61.5 Å². The van der Waals surface area contributed by atoms with Crippen molar-refractivity contribution in [3.63, 3.8) is 0 Å². The van der Waals surface area contributed by atoms with E-state index in [0.29, 0.717) is 22.3 Å². The predicted molar refractivity (Wildman–Crippen MR) is 198 cm³/mol. The maximum Gasteiger partial charge on any atom is 0.198 e. The Balaban J connectivity index is 1.63. The number of aromatic hydroxyl groups is 2. The Morgan fingerprint density at radius 1 is 0.478 bits per heavy atom. The largest absolute Gasteiger partial charge is 0.507 e. The first-order valence-electron chi connectivity index (χ1n) is 18.4. The number of benzene rings is 2. The van der Waals surface area contributed by atoms with Crippen LogP contribution in [0.5, 0.6) is 11.5 Å². The van der Waals surface area contributed by atoms with Gasteiger partial charge in [0.05, 0.1) is 11.1 Å². The number of carbonyl (C=O) groups excluding carboxylic acids is 2. The average molecular weight is 669 g/mol. The molecule has 0 aliphatic heterocycles. The maximum atomic E-state index is 13.7. The molecular weight excluding hydrogens is 609 g/mol. The number of phenolic OH excluding ortho intramolecular Hbond substituents is 2. The molecule has 0 fully saturated rings. The van der Waals surface area contributed by atoms with Crippen LogP contribution >= 0.6 is 23.5 Å². The first kappa shape index (κ1) is 38.5. The van der Waals surface area contributed by atoms with Crippen molar-refractivity contribution >= 4 is 35.1 Å². The van der Waals surface area contributed by atoms with Crippen LogP contribution in [-0.4, -0.2) is 33.3 Å². The molecule has 1 aliphatic rings. The van der Waals surface area contributed by atoms with Crippen molar-refractivity contribution in [3.05, 3.63) is 45.5 Å². The van der Waals surface area contributed by atoms with Crippen LogP contribution in [0.2, 0.25) is 0 Å². The number of carbonyl (C=O) groups is 2. The van der Waals surface area contributed by atoms with Gasteiger partial charge in [0.25, 0.3) is 0 Å². The van der Waals surface area contributed by atoms with Gasteiger partial charge in [-0.1, -0.05) is 129 Å². The van der Waals surface area contributed by atoms with Gasteiger partial charge in [0.1, 0.15) is 11.5 Å². The maximum absolute atomic E-state index is 13.7. The molecule has 0 amide bonds. The van der Waals surface area contributed by atoms with Crippen LogP contribution in [0.1, 0.15) is 185 Å². The number of rotatable bonds is 24. The van der Waals surface area contributed by atoms with Crippen LogP contribution in [0.3, 0.4) is 0 Å². The molecule has 4 nitrogen and oxygen atoms in total. The molecule has 2 aromatic rings. The number of hydrogen-bond donors (Lipinski definition) is 2. The molecule has 0 saturated heterocycles. The summed E-state index contributed by atoms with van der Waals surface area (Å²) in [7, 11) is 0. The Bertz CT molecular complexity index is 1170. The zero-order valence-electron chi connectivity index (χ0n) is 29.2. The van der Waals surface area contributed by atoms with Crippen LogP contribution in [-0.2, 0) is 0 Å². The van der Waals surface area contributed by atoms with Crippen molar-refractivity contribution in [3.8, 4) is 11.5 Å². The van der Waals surface area contributed by atoms with E-state index in [4.69, 9.17) is 0 Å². The molecule has 0 spiro atoms. The second-order valence-electron chi connectivity index (χ2n) is 13.3. The van der Waals surface area contributed by atoms with Crippen LogP contribution in [0.25, 0.3) is 0 Å². The van der Waals surface area contributed by atoms with Crippen molar-refractivity contribution < 1.29 is 19.8 Å². The fraction of sp³-hybridized carbons (Fsp3) is 0.650. The molecule has 1 aliphatic carbocycles. The molecule has 0 aromatic heterocycles. The quantitative estimate of drug-likeness (QED) is 0.0562. The number of phenols is 2. The van der Waals surface area contributed by atoms with Gasteiger partial charge in [-0.2, -0.15) is 0 Å². The lowest BCUT2D eigenvalue weighted by molar-refractivity contribution is 0.0973. The van der Waals surface area contributed by atoms with Gasteiger partial charge < -0.3 is 10.2 Å². The van der Waals surface area contributed by atoms with Crippen molar-refractivity contribution in [1.82, 2.24) is 0 Å². The molecule has 256 valence electrons. The van der Waals surface area contributed by atoms with Crippen molar-refractivity contribution in [2.24, 2.45) is 0 Å². The summed E-state index contributed by atoms with van der Waals surface area (Å²) < 4.78 is 0. The SMILES string of the molecule is CCCCCCCCCCCCSc1cc2c(cc1SCCCCCCCCCCCC)C(=O)c1c(O)c(C)c(C)c(O)c1C2=O. The molecule has 0 saturated carbocycles. The number of ketones is 2. The van der Waals surface area contributed by atoms with E-state index in [9.17, 15) is 19.8 Å². The predicted octanol–water partition coefficient (Wildman–Crippen LogP) is 12.5. The summed E-state index contributed by atoms with van der Waals surface area (Å²) in [5.74, 6) is 0.788. The molecule has 3 rings (SSSR count). The monoisotopic (exact) mass is 668 g/mol. The molecule has 2 aromatic carbocycles. The second kappa shape index (κ2) is 21.1. The Morgan fingerprint density at radius 3 is 1.07 bits per heavy atom. The summed E-state index contributed by atoms with van der Waals surface area (Å²) in [6.07, 6.45) is 26.0. The van der Waals surface area contributed by atoms with E-state index in [1.165, 1.54) is 116 Å². The van der Waals surface area contributed by atoms with E-state index < -0.39 is 0 Å². The minimum Gasteiger partial charge on any atom is -0.507 e. The first-order valence-corrected chi connectivity index (χ1v) is 20.4. The summed E-state index contributed by atoms with van der Waals surface area (Å²) in [4.78, 5) is 29.6. The van der Waals surface area contributed by atoms with Crippen LogP contribution in [0, 0.1) is 13.8 Å². The summed E-state index contributed by atoms with van der Waals surface area (Å²) in [5.41, 5.74) is 1.41. The molecular formula is C40H60O4S2. The Morgan fingerprint density at radius 2 is 0.761 bits per heavy atom. The molecule has 0 atom stereocenters. The molecule has 0 radical (unpaired) electrons. The van der Waals surface area contributed by atoms with E-state index in [0.717, 1.165) is 34.1 Å². The van der Waals surface area contributed by atoms with E-state index in [1.807, 2.05) is 12.1 Å². The lowest BCUT2D eigenvalue weighted by Crippen LogP contribution is -2.22. The van der Waals surface area contributed by atoms with Crippen molar-refractivity contribution in [2.75, 3.05) is 11.5 Å². The van der Waals surface area contributed by atoms with Gasteiger partial charge in [-0.3, -0.25) is 9.59 Å². The minimum absolute atomic E-state index is 0.0606. The van der Waals surface area contributed by atoms with Gasteiger partial charge in [-0.25, -0.2) is 0 Å². The highest BCUT2D eigenvalue weighted by Gasteiger charge is 2.37. The smallest absolute Gasteiger partial charge is 0.198 e. The van der Waals surface area contributed by atoms with Gasteiger partial charge in [0.15, 0.2) is 11.6 Å². The number of unbranched alkanes of at least 4 members (excludes halogenated alkanes) is 18. The Hall–Kier alpha value is -1.92. The first-order chi connectivity index (χ1) is 22.3. The molecule has 46 heavy (non-hydrogen) atoms. The fourth-order valence-corrected chi connectivity index (χ4v) is 8.68. The molecule has 6 heteroatoms. The lowest BCUT2D eigenvalue weighted by Gasteiger charge is -2.23. The van der Waals surface area contributed by atoms with Crippen LogP contribution in [0.15, 0.2) is 21.9 Å². The summed E-state index contributed by atoms with van der Waals surface area (Å²) in [6, 6.07) is 3.76. The normalized spacial score (nSPS) is 12.5. The van der Waals surface area contributed by atoms with Gasteiger partial charge >= 0.3 is 0 Å². The minimum atomic E-state index is -0.382. The second-order valence-corrected chi connectivity index (χ2v) is 15.5. The number of hydrogen-bond acceptors (Lipinski definition) is 6. The van der Waals surface area contributed by atoms with Crippen molar-refractivity contribution in [1.29, 1.82) is 0 Å². The van der Waals surface area contributed by atoms with Crippen molar-refractivity contribution in [2.45, 2.75) is 166 Å². The Kier molecular flexibility index (Phi) is 17.7. The highest BCUT2D eigenvalue weighted by Crippen LogP contribution is 2.44. The van der Waals surface area contributed by atoms with E-state index >= 15 is 0 Å². The number of thioether (sulfide) groups is 2. The standard InChI is InChI=1S/C40H60O4S2/c1-5-7-9-11-13-15-17-19-21-23-25-45-33-27-31-32(28-34(33)46-26-24-22-20-18-16-14-12-10-8-6-2)40(44)36-35(39(31)43)37(41)29(3)30(4)38(36)42/h27-28,41-42H,5-26H2,1-4H3. The number of fused-ring (bicyclic) bond motifs is 2. The Labute approximate surface area is 288 Å². The summed E-state index contributed by atoms with van der Waals surface area (Å²) in [5, 5.41) is 21.8. The van der Waals surface area contributed by atoms with E-state index in [1.54, 1.807) is 37.4 Å². The lowest BCUT2D eigenvalue weighted by atomic mass is 9.81. The summed E-state index contributed by atoms with van der Waals surface area (Å²) in [6.45, 7) is 7.85. The van der Waals surface area contributed by atoms with Gasteiger partial charge in [0.2, 0.25) is 0 Å². The molecule has 2 N–H and O–H groups in total. The van der Waals surface area contributed by atoms with E-state index in [2.05, 4.69) is 13.8 Å². The summed E-state index contributed by atoms with van der Waals surface area (Å²) >= 11 is 3.56. The third kappa shape index (κ3) is 11.1. The third-order valence-electron chi connectivity index (χ3n) is 9.53. The third-order valence-corrected chi connectivity index (χ3v) is 11.9. The molecule has 0 unspecified atom stereocenters. The highest BCUT2D eigenvalue weighted by atomic mass is 32.2. The van der Waals surface area contributed by atoms with E-state index in [-0.39, 0.29) is 34.2 Å². The average Bonchev–Trinajstić information content (AvgIpc) is 3.05. The molecule has 0 bridgehead atoms. The van der Waals surface area contributed by atoms with Gasteiger partial charge in [-0.15, -0.1) is 23.5 Å². The zero-order chi connectivity index (χ0) is 33.3. The fourth-order valence-electron chi connectivity index (χ4n) is 6.38. The molecule has 0 heterocycles. The van der Waals surface area contributed by atoms with Crippen LogP contribution in [0.4, 0.5) is 0 Å². The van der Waals surface area contributed by atoms with Gasteiger partial charge in [0, 0.05) is 20.9 Å². The zero-order valence-corrected chi connectivity index (χ0v) is 30.9. The van der Waals surface area contributed by atoms with Crippen LogP contribution < -0.4 is 0 Å².